The number of ether oxygens (including phenoxy) is 2. The molecule has 0 bridgehead atoms. The first-order valence-corrected chi connectivity index (χ1v) is 5.57. The molecule has 0 unspecified atom stereocenters. The number of aliphatic imine (C=N–C) groups is 2. The van der Waals surface area contributed by atoms with Gasteiger partial charge in [-0.15, -0.1) is 0 Å². The predicted molar refractivity (Wildman–Crippen MR) is 69.3 cm³/mol. The molecule has 0 saturated heterocycles. The van der Waals surface area contributed by atoms with E-state index in [4.69, 9.17) is 15.2 Å². The number of rotatable bonds is 0. The fourth-order valence-corrected chi connectivity index (χ4v) is 2.36. The lowest BCUT2D eigenvalue weighted by molar-refractivity contribution is 0.538. The Morgan fingerprint density at radius 1 is 0.889 bits per heavy atom. The van der Waals surface area contributed by atoms with Gasteiger partial charge in [-0.3, -0.25) is 0 Å². The van der Waals surface area contributed by atoms with Gasteiger partial charge in [-0.05, 0) is 24.3 Å². The fraction of sp³-hybridized carbons (Fsp3) is 0.0769. The van der Waals surface area contributed by atoms with Crippen LogP contribution in [0.5, 0.6) is 11.5 Å². The lowest BCUT2D eigenvalue weighted by Crippen LogP contribution is -2.21. The molecule has 2 aromatic carbocycles. The first-order valence-electron chi connectivity index (χ1n) is 5.57. The zero-order chi connectivity index (χ0) is 12.3. The van der Waals surface area contributed by atoms with Crippen LogP contribution in [0.3, 0.4) is 0 Å². The van der Waals surface area contributed by atoms with Crippen LogP contribution in [0.25, 0.3) is 10.8 Å². The number of amidine groups is 1. The molecule has 0 spiro atoms. The summed E-state index contributed by atoms with van der Waals surface area (Å²) in [4.78, 5) is 8.57. The quantitative estimate of drug-likeness (QED) is 0.768. The van der Waals surface area contributed by atoms with E-state index in [0.29, 0.717) is 11.6 Å². The van der Waals surface area contributed by atoms with Crippen molar-refractivity contribution in [2.75, 3.05) is 0 Å². The van der Waals surface area contributed by atoms with E-state index in [0.717, 1.165) is 27.9 Å². The normalized spacial score (nSPS) is 15.6. The molecule has 0 aliphatic carbocycles. The highest BCUT2D eigenvalue weighted by atomic mass is 16.5. The summed E-state index contributed by atoms with van der Waals surface area (Å²) in [5.74, 6) is 2.10. The first kappa shape index (κ1) is 9.47. The van der Waals surface area contributed by atoms with Gasteiger partial charge in [0.1, 0.15) is 11.5 Å². The maximum absolute atomic E-state index is 5.64. The third kappa shape index (κ3) is 1.10. The van der Waals surface area contributed by atoms with Crippen molar-refractivity contribution in [2.24, 2.45) is 15.7 Å². The molecule has 2 aromatic rings. The second-order valence-corrected chi connectivity index (χ2v) is 4.20. The number of benzene rings is 2. The largest absolute Gasteiger partial charge is 0.443 e. The molecule has 88 valence electrons. The number of nitrogens with zero attached hydrogens (tertiary/aromatic N) is 2. The number of hydrogen-bond acceptors (Lipinski definition) is 5. The number of hydrogen-bond donors (Lipinski definition) is 1. The Kier molecular flexibility index (Phi) is 1.58. The first-order chi connectivity index (χ1) is 8.72. The van der Waals surface area contributed by atoms with Crippen LogP contribution < -0.4 is 15.2 Å². The molecule has 0 saturated carbocycles. The van der Waals surface area contributed by atoms with E-state index < -0.39 is 0 Å². The SMILES string of the molecule is CC1=Nc2ccc3c4c(ccc(c24)O1)N=C(N)O3. The second kappa shape index (κ2) is 3.01. The standard InChI is InChI=1S/C13H9N3O2/c1-6-15-7-2-5-10-12-8(16-13(14)18-10)3-4-9(17-6)11(7)12/h2-5H,1H3,(H2,14,16). The van der Waals surface area contributed by atoms with Crippen LogP contribution in [-0.4, -0.2) is 11.9 Å². The molecule has 0 fully saturated rings. The lowest BCUT2D eigenvalue weighted by Gasteiger charge is -2.21. The molecule has 2 aliphatic rings. The third-order valence-corrected chi connectivity index (χ3v) is 3.02. The fourth-order valence-electron chi connectivity index (χ4n) is 2.36. The molecule has 0 radical (unpaired) electrons. The zero-order valence-corrected chi connectivity index (χ0v) is 9.60. The van der Waals surface area contributed by atoms with Crippen molar-refractivity contribution >= 4 is 34.1 Å². The molecular formula is C13H9N3O2. The van der Waals surface area contributed by atoms with Gasteiger partial charge in [0.25, 0.3) is 6.02 Å². The molecule has 5 nitrogen and oxygen atoms in total. The van der Waals surface area contributed by atoms with Gasteiger partial charge in [0.05, 0.1) is 22.1 Å². The van der Waals surface area contributed by atoms with E-state index in [9.17, 15) is 0 Å². The maximum Gasteiger partial charge on any atom is 0.292 e. The molecule has 2 N–H and O–H groups in total. The molecule has 0 aromatic heterocycles. The van der Waals surface area contributed by atoms with Crippen LogP contribution >= 0.6 is 0 Å². The summed E-state index contributed by atoms with van der Waals surface area (Å²) in [6.45, 7) is 1.83. The Morgan fingerprint density at radius 2 is 1.50 bits per heavy atom. The predicted octanol–water partition coefficient (Wildman–Crippen LogP) is 2.62. The monoisotopic (exact) mass is 239 g/mol. The highest BCUT2D eigenvalue weighted by molar-refractivity contribution is 6.12. The average Bonchev–Trinajstić information content (AvgIpc) is 2.34. The van der Waals surface area contributed by atoms with Crippen molar-refractivity contribution in [3.63, 3.8) is 0 Å². The van der Waals surface area contributed by atoms with Gasteiger partial charge in [-0.1, -0.05) is 0 Å². The second-order valence-electron chi connectivity index (χ2n) is 4.20. The summed E-state index contributed by atoms with van der Waals surface area (Å²) in [6.07, 6.45) is 0. The van der Waals surface area contributed by atoms with E-state index in [2.05, 4.69) is 9.98 Å². The van der Waals surface area contributed by atoms with Gasteiger partial charge in [0, 0.05) is 6.92 Å². The molecular weight excluding hydrogens is 230 g/mol. The summed E-state index contributed by atoms with van der Waals surface area (Å²) in [5.41, 5.74) is 7.29. The summed E-state index contributed by atoms with van der Waals surface area (Å²) < 4.78 is 11.1. The molecule has 2 aliphatic heterocycles. The van der Waals surface area contributed by atoms with Crippen LogP contribution in [0, 0.1) is 0 Å². The highest BCUT2D eigenvalue weighted by Crippen LogP contribution is 2.47. The van der Waals surface area contributed by atoms with Gasteiger partial charge in [-0.2, -0.15) is 4.99 Å². The topological polar surface area (TPSA) is 69.2 Å². The molecule has 18 heavy (non-hydrogen) atoms. The maximum atomic E-state index is 5.64. The zero-order valence-electron chi connectivity index (χ0n) is 9.60. The Balaban J connectivity index is 2.20. The third-order valence-electron chi connectivity index (χ3n) is 3.02. The van der Waals surface area contributed by atoms with Gasteiger partial charge in [0.2, 0.25) is 0 Å². The minimum atomic E-state index is 0.155. The van der Waals surface area contributed by atoms with Crippen LogP contribution in [0.4, 0.5) is 11.4 Å². The molecule has 5 heteroatoms. The average molecular weight is 239 g/mol. The lowest BCUT2D eigenvalue weighted by atomic mass is 10.0. The van der Waals surface area contributed by atoms with E-state index in [1.165, 1.54) is 0 Å². The van der Waals surface area contributed by atoms with Crippen molar-refractivity contribution in [1.82, 2.24) is 0 Å². The molecule has 2 heterocycles. The van der Waals surface area contributed by atoms with Crippen molar-refractivity contribution in [2.45, 2.75) is 6.92 Å². The molecule has 4 rings (SSSR count). The van der Waals surface area contributed by atoms with Crippen LogP contribution in [0.1, 0.15) is 6.92 Å². The van der Waals surface area contributed by atoms with E-state index in [1.54, 1.807) is 0 Å². The Labute approximate surface area is 103 Å². The summed E-state index contributed by atoms with van der Waals surface area (Å²) in [6, 6.07) is 7.66. The Bertz CT molecular complexity index is 697. The summed E-state index contributed by atoms with van der Waals surface area (Å²) in [5, 5.41) is 1.82. The van der Waals surface area contributed by atoms with Crippen LogP contribution in [0.2, 0.25) is 0 Å². The molecule has 0 amide bonds. The number of nitrogens with two attached hydrogens (primary N) is 1. The summed E-state index contributed by atoms with van der Waals surface area (Å²) in [7, 11) is 0. The Hall–Kier alpha value is -2.56. The van der Waals surface area contributed by atoms with E-state index in [-0.39, 0.29) is 6.02 Å². The minimum absolute atomic E-state index is 0.155. The van der Waals surface area contributed by atoms with Crippen molar-refractivity contribution in [3.05, 3.63) is 24.3 Å². The van der Waals surface area contributed by atoms with Crippen molar-refractivity contribution < 1.29 is 9.47 Å². The van der Waals surface area contributed by atoms with Crippen LogP contribution in [0.15, 0.2) is 34.3 Å². The van der Waals surface area contributed by atoms with Crippen molar-refractivity contribution in [1.29, 1.82) is 0 Å². The molecule has 0 atom stereocenters. The van der Waals surface area contributed by atoms with Gasteiger partial charge >= 0.3 is 0 Å². The highest BCUT2D eigenvalue weighted by Gasteiger charge is 2.22. The van der Waals surface area contributed by atoms with E-state index in [1.807, 2.05) is 31.2 Å². The smallest absolute Gasteiger partial charge is 0.292 e. The van der Waals surface area contributed by atoms with Crippen LogP contribution in [-0.2, 0) is 0 Å². The van der Waals surface area contributed by atoms with Crippen molar-refractivity contribution in [3.8, 4) is 11.5 Å². The van der Waals surface area contributed by atoms with Gasteiger partial charge in [-0.25, -0.2) is 4.99 Å². The minimum Gasteiger partial charge on any atom is -0.443 e. The van der Waals surface area contributed by atoms with Gasteiger partial charge in [0.15, 0.2) is 5.90 Å². The summed E-state index contributed by atoms with van der Waals surface area (Å²) >= 11 is 0. The Morgan fingerprint density at radius 3 is 2.22 bits per heavy atom. The van der Waals surface area contributed by atoms with E-state index >= 15 is 0 Å². The van der Waals surface area contributed by atoms with Gasteiger partial charge < -0.3 is 15.2 Å².